The van der Waals surface area contributed by atoms with Crippen molar-refractivity contribution in [1.29, 1.82) is 0 Å². The van der Waals surface area contributed by atoms with Gasteiger partial charge in [0.15, 0.2) is 0 Å². The highest BCUT2D eigenvalue weighted by Gasteiger charge is 2.34. The highest BCUT2D eigenvalue weighted by atomic mass is 16.5. The van der Waals surface area contributed by atoms with Gasteiger partial charge in [0.25, 0.3) is 17.4 Å². The van der Waals surface area contributed by atoms with E-state index in [4.69, 9.17) is 4.74 Å². The summed E-state index contributed by atoms with van der Waals surface area (Å²) in [6.07, 6.45) is 4.43. The first kappa shape index (κ1) is 13.8. The van der Waals surface area contributed by atoms with E-state index < -0.39 is 5.91 Å². The Morgan fingerprint density at radius 3 is 2.62 bits per heavy atom. The van der Waals surface area contributed by atoms with Crippen LogP contribution in [0.2, 0.25) is 0 Å². The van der Waals surface area contributed by atoms with Gasteiger partial charge >= 0.3 is 0 Å². The lowest BCUT2D eigenvalue weighted by atomic mass is 10.00. The summed E-state index contributed by atoms with van der Waals surface area (Å²) >= 11 is 0. The molecule has 0 atom stereocenters. The van der Waals surface area contributed by atoms with Crippen LogP contribution in [0, 0.1) is 5.92 Å². The summed E-state index contributed by atoms with van der Waals surface area (Å²) in [7, 11) is 0. The smallest absolute Gasteiger partial charge is 0.277 e. The zero-order valence-corrected chi connectivity index (χ0v) is 11.5. The zero-order valence-electron chi connectivity index (χ0n) is 11.5. The zero-order chi connectivity index (χ0) is 14.8. The summed E-state index contributed by atoms with van der Waals surface area (Å²) < 4.78 is 6.49. The first-order valence-electron chi connectivity index (χ1n) is 7.00. The number of amides is 2. The van der Waals surface area contributed by atoms with Gasteiger partial charge in [0.1, 0.15) is 5.70 Å². The van der Waals surface area contributed by atoms with Crippen LogP contribution in [0.1, 0.15) is 12.8 Å². The molecular weight excluding hydrogens is 272 g/mol. The third kappa shape index (κ3) is 2.67. The molecule has 0 saturated carbocycles. The van der Waals surface area contributed by atoms with Gasteiger partial charge in [-0.2, -0.15) is 0 Å². The summed E-state index contributed by atoms with van der Waals surface area (Å²) in [5, 5.41) is 0. The molecule has 0 bridgehead atoms. The highest BCUT2D eigenvalue weighted by molar-refractivity contribution is 6.29. The van der Waals surface area contributed by atoms with Crippen molar-refractivity contribution >= 4 is 17.5 Å². The Morgan fingerprint density at radius 2 is 1.90 bits per heavy atom. The van der Waals surface area contributed by atoms with E-state index in [0.717, 1.165) is 12.8 Å². The van der Waals surface area contributed by atoms with E-state index in [1.807, 2.05) is 0 Å². The molecule has 0 aromatic carbocycles. The number of ether oxygens (including phenoxy) is 1. The second-order valence-corrected chi connectivity index (χ2v) is 5.25. The van der Waals surface area contributed by atoms with E-state index in [1.54, 1.807) is 12.1 Å². The van der Waals surface area contributed by atoms with Gasteiger partial charge in [0, 0.05) is 38.1 Å². The molecule has 2 aliphatic heterocycles. The molecule has 6 heteroatoms. The summed E-state index contributed by atoms with van der Waals surface area (Å²) in [5.41, 5.74) is -0.199. The van der Waals surface area contributed by atoms with Gasteiger partial charge in [-0.1, -0.05) is 6.07 Å². The lowest BCUT2D eigenvalue weighted by molar-refractivity contribution is -0.137. The highest BCUT2D eigenvalue weighted by Crippen LogP contribution is 2.22. The van der Waals surface area contributed by atoms with E-state index in [0.29, 0.717) is 19.8 Å². The third-order valence-corrected chi connectivity index (χ3v) is 3.85. The van der Waals surface area contributed by atoms with Crippen molar-refractivity contribution in [2.24, 2.45) is 5.92 Å². The van der Waals surface area contributed by atoms with Crippen LogP contribution in [0.4, 0.5) is 0 Å². The Kier molecular flexibility index (Phi) is 3.70. The lowest BCUT2D eigenvalue weighted by Crippen LogP contribution is -2.38. The van der Waals surface area contributed by atoms with E-state index in [1.165, 1.54) is 27.8 Å². The fraction of sp³-hybridized carbons (Fsp3) is 0.400. The minimum absolute atomic E-state index is 0.123. The van der Waals surface area contributed by atoms with Gasteiger partial charge in [-0.05, 0) is 24.8 Å². The fourth-order valence-electron chi connectivity index (χ4n) is 2.65. The number of nitrogens with zero attached hydrogens (tertiary/aromatic N) is 2. The van der Waals surface area contributed by atoms with Crippen molar-refractivity contribution < 1.29 is 14.3 Å². The lowest BCUT2D eigenvalue weighted by Gasteiger charge is -2.26. The summed E-state index contributed by atoms with van der Waals surface area (Å²) in [4.78, 5) is 37.4. The summed E-state index contributed by atoms with van der Waals surface area (Å²) in [6, 6.07) is 4.61. The minimum atomic E-state index is -0.403. The second kappa shape index (κ2) is 5.65. The molecule has 2 amide bonds. The maximum absolute atomic E-state index is 12.4. The van der Waals surface area contributed by atoms with Crippen molar-refractivity contribution in [3.05, 3.63) is 40.8 Å². The first-order valence-corrected chi connectivity index (χ1v) is 7.00. The first-order chi connectivity index (χ1) is 10.2. The molecule has 2 aliphatic rings. The molecule has 21 heavy (non-hydrogen) atoms. The molecule has 1 aromatic heterocycles. The van der Waals surface area contributed by atoms with Crippen LogP contribution in [0.5, 0.6) is 0 Å². The van der Waals surface area contributed by atoms with Crippen LogP contribution in [-0.4, -0.2) is 41.0 Å². The normalized spacial score (nSPS) is 20.0. The molecule has 0 N–H and O–H groups in total. The molecule has 3 rings (SSSR count). The summed E-state index contributed by atoms with van der Waals surface area (Å²) in [6.45, 7) is 1.72. The number of hydrogen-bond donors (Lipinski definition) is 0. The summed E-state index contributed by atoms with van der Waals surface area (Å²) in [5.74, 6) is -0.482. The standard InChI is InChI=1S/C15H16N2O4/c18-13-3-1-2-6-16(13)12-9-14(19)17(15(12)20)10-11-4-7-21-8-5-11/h1-3,6,9,11H,4-5,7-8,10H2. The Bertz CT molecular complexity index is 656. The number of rotatable bonds is 3. The topological polar surface area (TPSA) is 68.6 Å². The van der Waals surface area contributed by atoms with Gasteiger partial charge in [-0.25, -0.2) is 0 Å². The van der Waals surface area contributed by atoms with Crippen LogP contribution >= 0.6 is 0 Å². The Morgan fingerprint density at radius 1 is 1.14 bits per heavy atom. The predicted octanol–water partition coefficient (Wildman–Crippen LogP) is 0.485. The molecule has 0 unspecified atom stereocenters. The van der Waals surface area contributed by atoms with Gasteiger partial charge < -0.3 is 4.74 Å². The Balaban J connectivity index is 1.79. The van der Waals surface area contributed by atoms with E-state index >= 15 is 0 Å². The molecule has 0 aliphatic carbocycles. The Labute approximate surface area is 121 Å². The van der Waals surface area contributed by atoms with Crippen LogP contribution in [0.3, 0.4) is 0 Å². The van der Waals surface area contributed by atoms with Gasteiger partial charge in [0.05, 0.1) is 0 Å². The van der Waals surface area contributed by atoms with Crippen molar-refractivity contribution in [2.75, 3.05) is 19.8 Å². The number of aromatic nitrogens is 1. The maximum atomic E-state index is 12.4. The van der Waals surface area contributed by atoms with Gasteiger partial charge in [-0.15, -0.1) is 0 Å². The van der Waals surface area contributed by atoms with E-state index in [9.17, 15) is 14.4 Å². The molecule has 1 saturated heterocycles. The predicted molar refractivity (Wildman–Crippen MR) is 75.2 cm³/mol. The maximum Gasteiger partial charge on any atom is 0.277 e. The molecule has 3 heterocycles. The average molecular weight is 288 g/mol. The van der Waals surface area contributed by atoms with Crippen molar-refractivity contribution in [3.8, 4) is 0 Å². The molecule has 0 spiro atoms. The van der Waals surface area contributed by atoms with Crippen LogP contribution in [0.25, 0.3) is 5.70 Å². The largest absolute Gasteiger partial charge is 0.381 e. The fourth-order valence-corrected chi connectivity index (χ4v) is 2.65. The van der Waals surface area contributed by atoms with Crippen molar-refractivity contribution in [1.82, 2.24) is 9.47 Å². The number of imide groups is 1. The van der Waals surface area contributed by atoms with Crippen LogP contribution in [0.15, 0.2) is 35.3 Å². The average Bonchev–Trinajstić information content (AvgIpc) is 2.77. The van der Waals surface area contributed by atoms with Gasteiger partial charge in [0.2, 0.25) is 0 Å². The number of hydrogen-bond acceptors (Lipinski definition) is 4. The van der Waals surface area contributed by atoms with E-state index in [-0.39, 0.29) is 23.1 Å². The van der Waals surface area contributed by atoms with Crippen molar-refractivity contribution in [2.45, 2.75) is 12.8 Å². The molecule has 0 radical (unpaired) electrons. The molecule has 1 aromatic rings. The van der Waals surface area contributed by atoms with Crippen LogP contribution in [-0.2, 0) is 14.3 Å². The molecule has 6 nitrogen and oxygen atoms in total. The molecular formula is C15H16N2O4. The number of pyridine rings is 1. The van der Waals surface area contributed by atoms with E-state index in [2.05, 4.69) is 0 Å². The number of carbonyl (C=O) groups excluding carboxylic acids is 2. The molecule has 110 valence electrons. The third-order valence-electron chi connectivity index (χ3n) is 3.85. The molecule has 1 fully saturated rings. The monoisotopic (exact) mass is 288 g/mol. The quantitative estimate of drug-likeness (QED) is 0.759. The Hall–Kier alpha value is -2.21. The van der Waals surface area contributed by atoms with Crippen LogP contribution < -0.4 is 5.56 Å². The SMILES string of the molecule is O=C1C=C(n2ccccc2=O)C(=O)N1CC1CCOCC1. The minimum Gasteiger partial charge on any atom is -0.381 e. The van der Waals surface area contributed by atoms with Crippen molar-refractivity contribution in [3.63, 3.8) is 0 Å². The van der Waals surface area contributed by atoms with Gasteiger partial charge in [-0.3, -0.25) is 23.9 Å². The number of carbonyl (C=O) groups is 2. The second-order valence-electron chi connectivity index (χ2n) is 5.25.